The van der Waals surface area contributed by atoms with Crippen molar-refractivity contribution in [1.82, 2.24) is 9.78 Å². The van der Waals surface area contributed by atoms with Gasteiger partial charge in [0, 0.05) is 0 Å². The summed E-state index contributed by atoms with van der Waals surface area (Å²) < 4.78 is 7.72. The minimum Gasteiger partial charge on any atom is -0.422 e. The average molecular weight is 356 g/mol. The Morgan fingerprint density at radius 1 is 1.11 bits per heavy atom. The van der Waals surface area contributed by atoms with Gasteiger partial charge in [0.05, 0.1) is 22.9 Å². The van der Waals surface area contributed by atoms with Gasteiger partial charge >= 0.3 is 0 Å². The SMILES string of the molecule is CCCc1nn(-c2ccccc2)c2c1[C@H](c1ccccc1)C(C#N)=C(N)O2. The maximum absolute atomic E-state index is 9.77. The van der Waals surface area contributed by atoms with Crippen LogP contribution in [0.1, 0.15) is 36.1 Å². The molecule has 0 radical (unpaired) electrons. The number of rotatable bonds is 4. The van der Waals surface area contributed by atoms with Crippen LogP contribution in [0.2, 0.25) is 0 Å². The third kappa shape index (κ3) is 2.85. The van der Waals surface area contributed by atoms with E-state index in [0.29, 0.717) is 11.5 Å². The molecule has 0 unspecified atom stereocenters. The number of aromatic nitrogens is 2. The summed E-state index contributed by atoms with van der Waals surface area (Å²) in [6.07, 6.45) is 1.74. The average Bonchev–Trinajstić information content (AvgIpc) is 3.06. The van der Waals surface area contributed by atoms with E-state index in [1.165, 1.54) is 0 Å². The van der Waals surface area contributed by atoms with Gasteiger partial charge in [0.2, 0.25) is 11.8 Å². The molecule has 4 rings (SSSR count). The Labute approximate surface area is 158 Å². The first-order valence-electron chi connectivity index (χ1n) is 9.04. The summed E-state index contributed by atoms with van der Waals surface area (Å²) in [5.74, 6) is 0.452. The van der Waals surface area contributed by atoms with Gasteiger partial charge in [-0.3, -0.25) is 0 Å². The van der Waals surface area contributed by atoms with Crippen LogP contribution in [0.25, 0.3) is 5.69 Å². The Morgan fingerprint density at radius 2 is 1.78 bits per heavy atom. The normalized spacial score (nSPS) is 15.8. The highest BCUT2D eigenvalue weighted by molar-refractivity contribution is 5.57. The van der Waals surface area contributed by atoms with Crippen molar-refractivity contribution in [3.63, 3.8) is 0 Å². The van der Waals surface area contributed by atoms with Gasteiger partial charge in [0.15, 0.2) is 0 Å². The van der Waals surface area contributed by atoms with Gasteiger partial charge in [0.25, 0.3) is 0 Å². The molecule has 5 heteroatoms. The largest absolute Gasteiger partial charge is 0.422 e. The molecule has 0 bridgehead atoms. The summed E-state index contributed by atoms with van der Waals surface area (Å²) in [6.45, 7) is 2.12. The summed E-state index contributed by atoms with van der Waals surface area (Å²) in [5.41, 5.74) is 10.4. The van der Waals surface area contributed by atoms with Crippen LogP contribution in [-0.4, -0.2) is 9.78 Å². The molecule has 0 fully saturated rings. The van der Waals surface area contributed by atoms with Crippen LogP contribution in [0.15, 0.2) is 72.1 Å². The number of fused-ring (bicyclic) bond motifs is 1. The van der Waals surface area contributed by atoms with Crippen LogP contribution in [0, 0.1) is 11.3 Å². The second kappa shape index (κ2) is 7.00. The third-order valence-electron chi connectivity index (χ3n) is 4.74. The number of para-hydroxylation sites is 1. The van der Waals surface area contributed by atoms with E-state index in [4.69, 9.17) is 15.6 Å². The summed E-state index contributed by atoms with van der Waals surface area (Å²) in [4.78, 5) is 0. The minimum atomic E-state index is -0.279. The molecule has 2 N–H and O–H groups in total. The Hall–Kier alpha value is -3.52. The lowest BCUT2D eigenvalue weighted by Crippen LogP contribution is -2.22. The Kier molecular flexibility index (Phi) is 4.39. The molecule has 0 spiro atoms. The van der Waals surface area contributed by atoms with E-state index >= 15 is 0 Å². The lowest BCUT2D eigenvalue weighted by atomic mass is 9.83. The van der Waals surface area contributed by atoms with Crippen molar-refractivity contribution >= 4 is 0 Å². The van der Waals surface area contributed by atoms with Crippen molar-refractivity contribution < 1.29 is 4.74 Å². The zero-order chi connectivity index (χ0) is 18.8. The maximum Gasteiger partial charge on any atom is 0.229 e. The molecule has 27 heavy (non-hydrogen) atoms. The summed E-state index contributed by atoms with van der Waals surface area (Å²) >= 11 is 0. The van der Waals surface area contributed by atoms with Gasteiger partial charge in [-0.1, -0.05) is 61.9 Å². The summed E-state index contributed by atoms with van der Waals surface area (Å²) in [6, 6.07) is 22.0. The van der Waals surface area contributed by atoms with Crippen LogP contribution in [0.5, 0.6) is 5.88 Å². The number of nitrogens with zero attached hydrogens (tertiary/aromatic N) is 3. The second-order valence-corrected chi connectivity index (χ2v) is 6.50. The first kappa shape index (κ1) is 16.9. The predicted molar refractivity (Wildman–Crippen MR) is 103 cm³/mol. The topological polar surface area (TPSA) is 76.9 Å². The number of aryl methyl sites for hydroxylation is 1. The number of allylic oxidation sites excluding steroid dienone is 1. The molecular formula is C22H20N4O. The lowest BCUT2D eigenvalue weighted by Gasteiger charge is -2.25. The van der Waals surface area contributed by atoms with Crippen LogP contribution in [0.4, 0.5) is 0 Å². The first-order chi connectivity index (χ1) is 13.2. The van der Waals surface area contributed by atoms with Crippen LogP contribution in [-0.2, 0) is 6.42 Å². The Morgan fingerprint density at radius 3 is 2.41 bits per heavy atom. The molecule has 1 aliphatic rings. The van der Waals surface area contributed by atoms with E-state index in [1.807, 2.05) is 60.7 Å². The highest BCUT2D eigenvalue weighted by Gasteiger charge is 2.36. The second-order valence-electron chi connectivity index (χ2n) is 6.50. The standard InChI is InChI=1S/C22H20N4O/c1-2-9-18-20-19(15-10-5-3-6-11-15)17(14-23)21(24)27-22(20)26(25-18)16-12-7-4-8-13-16/h3-8,10-13,19H,2,9,24H2,1H3/t19-/m1/s1. The van der Waals surface area contributed by atoms with E-state index in [9.17, 15) is 5.26 Å². The number of ether oxygens (including phenoxy) is 1. The van der Waals surface area contributed by atoms with Gasteiger partial charge in [-0.15, -0.1) is 0 Å². The molecule has 0 saturated heterocycles. The van der Waals surface area contributed by atoms with Gasteiger partial charge in [0.1, 0.15) is 11.6 Å². The third-order valence-corrected chi connectivity index (χ3v) is 4.74. The molecule has 0 amide bonds. The van der Waals surface area contributed by atoms with E-state index in [-0.39, 0.29) is 11.8 Å². The molecule has 5 nitrogen and oxygen atoms in total. The molecule has 134 valence electrons. The number of hydrogen-bond acceptors (Lipinski definition) is 4. The van der Waals surface area contributed by atoms with Crippen molar-refractivity contribution in [2.24, 2.45) is 5.73 Å². The van der Waals surface area contributed by atoms with Gasteiger partial charge in [-0.25, -0.2) is 4.68 Å². The fraction of sp³-hybridized carbons (Fsp3) is 0.182. The Bertz CT molecular complexity index is 1030. The van der Waals surface area contributed by atoms with Gasteiger partial charge in [-0.2, -0.15) is 10.4 Å². The van der Waals surface area contributed by atoms with Crippen molar-refractivity contribution in [1.29, 1.82) is 5.26 Å². The van der Waals surface area contributed by atoms with Crippen LogP contribution >= 0.6 is 0 Å². The molecule has 1 atom stereocenters. The van der Waals surface area contributed by atoms with Crippen LogP contribution in [0.3, 0.4) is 0 Å². The van der Waals surface area contributed by atoms with Crippen molar-refractivity contribution in [2.75, 3.05) is 0 Å². The molecule has 2 heterocycles. The lowest BCUT2D eigenvalue weighted by molar-refractivity contribution is 0.367. The zero-order valence-electron chi connectivity index (χ0n) is 15.1. The Balaban J connectivity index is 1.98. The molecule has 3 aromatic rings. The fourth-order valence-electron chi connectivity index (χ4n) is 3.56. The predicted octanol–water partition coefficient (Wildman–Crippen LogP) is 4.04. The van der Waals surface area contributed by atoms with E-state index in [0.717, 1.165) is 35.3 Å². The van der Waals surface area contributed by atoms with E-state index < -0.39 is 0 Å². The zero-order valence-corrected chi connectivity index (χ0v) is 15.1. The van der Waals surface area contributed by atoms with Crippen molar-refractivity contribution in [3.8, 4) is 17.6 Å². The molecule has 1 aliphatic heterocycles. The molecular weight excluding hydrogens is 336 g/mol. The maximum atomic E-state index is 9.77. The van der Waals surface area contributed by atoms with Gasteiger partial charge < -0.3 is 10.5 Å². The van der Waals surface area contributed by atoms with Gasteiger partial charge in [-0.05, 0) is 24.1 Å². The number of nitriles is 1. The highest BCUT2D eigenvalue weighted by atomic mass is 16.5. The molecule has 2 aromatic carbocycles. The molecule has 0 aliphatic carbocycles. The van der Waals surface area contributed by atoms with Crippen LogP contribution < -0.4 is 10.5 Å². The fourth-order valence-corrected chi connectivity index (χ4v) is 3.56. The number of nitrogens with two attached hydrogens (primary N) is 1. The summed E-state index contributed by atoms with van der Waals surface area (Å²) in [5, 5.41) is 14.6. The summed E-state index contributed by atoms with van der Waals surface area (Å²) in [7, 11) is 0. The van der Waals surface area contributed by atoms with E-state index in [1.54, 1.807) is 4.68 Å². The highest BCUT2D eigenvalue weighted by Crippen LogP contribution is 2.45. The number of hydrogen-bond donors (Lipinski definition) is 1. The quantitative estimate of drug-likeness (QED) is 0.765. The van der Waals surface area contributed by atoms with E-state index in [2.05, 4.69) is 13.0 Å². The smallest absolute Gasteiger partial charge is 0.229 e. The van der Waals surface area contributed by atoms with Crippen molar-refractivity contribution in [2.45, 2.75) is 25.7 Å². The molecule has 0 saturated carbocycles. The monoisotopic (exact) mass is 356 g/mol. The minimum absolute atomic E-state index is 0.138. The first-order valence-corrected chi connectivity index (χ1v) is 9.04. The van der Waals surface area contributed by atoms with Crippen molar-refractivity contribution in [3.05, 3.63) is 88.9 Å². The number of benzene rings is 2. The molecule has 1 aromatic heterocycles.